The van der Waals surface area contributed by atoms with Gasteiger partial charge in [0.15, 0.2) is 11.6 Å². The van der Waals surface area contributed by atoms with Gasteiger partial charge < -0.3 is 15.4 Å². The van der Waals surface area contributed by atoms with Crippen LogP contribution in [0, 0.1) is 5.82 Å². The minimum atomic E-state index is -0.824. The zero-order valence-electron chi connectivity index (χ0n) is 8.80. The van der Waals surface area contributed by atoms with E-state index in [4.69, 9.17) is 28.3 Å². The van der Waals surface area contributed by atoms with E-state index in [0.717, 1.165) is 12.1 Å². The van der Waals surface area contributed by atoms with Crippen LogP contribution in [-0.4, -0.2) is 16.0 Å². The number of aromatic hydroxyl groups is 1. The fourth-order valence-corrected chi connectivity index (χ4v) is 1.62. The number of anilines is 1. The minimum Gasteiger partial charge on any atom is -0.505 e. The number of carbonyl (C=O) groups excluding carboxylic acids is 1. The van der Waals surface area contributed by atoms with Gasteiger partial charge in [-0.15, -0.1) is 0 Å². The Morgan fingerprint density at radius 3 is 2.61 bits per heavy atom. The molecule has 0 atom stereocenters. The molecule has 1 aromatic heterocycles. The standard InChI is InChI=1S/C11H7Cl2FN2O2/c12-6-4-8(16-10(6)13)11(18)15-5-1-2-9(17)7(14)3-5/h1-4,16-17H,(H,15,18). The molecular weight excluding hydrogens is 282 g/mol. The van der Waals surface area contributed by atoms with Crippen molar-refractivity contribution in [2.75, 3.05) is 5.32 Å². The van der Waals surface area contributed by atoms with Crippen LogP contribution in [0.1, 0.15) is 10.5 Å². The average Bonchev–Trinajstić information content (AvgIpc) is 2.65. The Bertz CT molecular complexity index is 594. The van der Waals surface area contributed by atoms with E-state index in [9.17, 15) is 9.18 Å². The van der Waals surface area contributed by atoms with Gasteiger partial charge in [0.2, 0.25) is 0 Å². The van der Waals surface area contributed by atoms with E-state index in [2.05, 4.69) is 10.3 Å². The molecule has 0 saturated heterocycles. The SMILES string of the molecule is O=C(Nc1ccc(O)c(F)c1)c1cc(Cl)c(Cl)[nH]1. The van der Waals surface area contributed by atoms with Crippen LogP contribution >= 0.6 is 23.2 Å². The largest absolute Gasteiger partial charge is 0.505 e. The lowest BCUT2D eigenvalue weighted by Gasteiger charge is -2.04. The highest BCUT2D eigenvalue weighted by Gasteiger charge is 2.12. The molecule has 2 aromatic rings. The van der Waals surface area contributed by atoms with Gasteiger partial charge in [-0.05, 0) is 18.2 Å². The zero-order valence-corrected chi connectivity index (χ0v) is 10.3. The number of rotatable bonds is 2. The Labute approximate surface area is 111 Å². The molecule has 7 heteroatoms. The molecule has 0 aliphatic heterocycles. The molecule has 0 unspecified atom stereocenters. The first-order chi connectivity index (χ1) is 8.47. The maximum atomic E-state index is 13.0. The summed E-state index contributed by atoms with van der Waals surface area (Å²) in [6.45, 7) is 0. The predicted molar refractivity (Wildman–Crippen MR) is 66.8 cm³/mol. The second-order valence-electron chi connectivity index (χ2n) is 3.47. The van der Waals surface area contributed by atoms with Gasteiger partial charge in [0, 0.05) is 11.8 Å². The van der Waals surface area contributed by atoms with E-state index >= 15 is 0 Å². The van der Waals surface area contributed by atoms with E-state index in [-0.39, 0.29) is 21.6 Å². The van der Waals surface area contributed by atoms with Crippen molar-refractivity contribution in [1.82, 2.24) is 4.98 Å². The number of nitrogens with one attached hydrogen (secondary N) is 2. The lowest BCUT2D eigenvalue weighted by molar-refractivity contribution is 0.102. The smallest absolute Gasteiger partial charge is 0.272 e. The summed E-state index contributed by atoms with van der Waals surface area (Å²) in [4.78, 5) is 14.3. The summed E-state index contributed by atoms with van der Waals surface area (Å²) in [6.07, 6.45) is 0. The maximum Gasteiger partial charge on any atom is 0.272 e. The monoisotopic (exact) mass is 288 g/mol. The van der Waals surface area contributed by atoms with Crippen LogP contribution < -0.4 is 5.32 Å². The van der Waals surface area contributed by atoms with Gasteiger partial charge in [0.25, 0.3) is 5.91 Å². The Kier molecular flexibility index (Phi) is 3.45. The maximum absolute atomic E-state index is 13.0. The molecule has 1 heterocycles. The summed E-state index contributed by atoms with van der Waals surface area (Å²) in [5.41, 5.74) is 0.357. The fourth-order valence-electron chi connectivity index (χ4n) is 1.31. The quantitative estimate of drug-likeness (QED) is 0.742. The number of carbonyl (C=O) groups is 1. The highest BCUT2D eigenvalue weighted by atomic mass is 35.5. The molecule has 0 spiro atoms. The number of hydrogen-bond acceptors (Lipinski definition) is 2. The van der Waals surface area contributed by atoms with Crippen molar-refractivity contribution in [2.24, 2.45) is 0 Å². The van der Waals surface area contributed by atoms with Crippen molar-refractivity contribution >= 4 is 34.8 Å². The summed E-state index contributed by atoms with van der Waals surface area (Å²) in [5.74, 6) is -1.83. The lowest BCUT2D eigenvalue weighted by atomic mass is 10.3. The molecule has 0 aliphatic carbocycles. The first-order valence-corrected chi connectivity index (χ1v) is 5.57. The Morgan fingerprint density at radius 2 is 2.06 bits per heavy atom. The van der Waals surface area contributed by atoms with Gasteiger partial charge in [-0.1, -0.05) is 23.2 Å². The van der Waals surface area contributed by atoms with Gasteiger partial charge in [-0.3, -0.25) is 4.79 Å². The van der Waals surface area contributed by atoms with Crippen molar-refractivity contribution in [1.29, 1.82) is 0 Å². The second kappa shape index (κ2) is 4.88. The summed E-state index contributed by atoms with van der Waals surface area (Å²) < 4.78 is 13.0. The van der Waals surface area contributed by atoms with E-state index in [1.807, 2.05) is 0 Å². The van der Waals surface area contributed by atoms with Gasteiger partial charge in [-0.2, -0.15) is 0 Å². The molecule has 94 valence electrons. The summed E-state index contributed by atoms with van der Waals surface area (Å²) in [5, 5.41) is 11.8. The van der Waals surface area contributed by atoms with Crippen molar-refractivity contribution in [3.05, 3.63) is 46.0 Å². The van der Waals surface area contributed by atoms with Gasteiger partial charge >= 0.3 is 0 Å². The van der Waals surface area contributed by atoms with Crippen molar-refractivity contribution in [3.8, 4) is 5.75 Å². The third kappa shape index (κ3) is 2.57. The Balaban J connectivity index is 2.18. The third-order valence-electron chi connectivity index (χ3n) is 2.18. The number of benzene rings is 1. The Hall–Kier alpha value is -1.72. The predicted octanol–water partition coefficient (Wildman–Crippen LogP) is 3.42. The fraction of sp³-hybridized carbons (Fsp3) is 0. The molecule has 0 bridgehead atoms. The number of halogens is 3. The molecule has 0 aliphatic rings. The van der Waals surface area contributed by atoms with Crippen molar-refractivity contribution in [3.63, 3.8) is 0 Å². The highest BCUT2D eigenvalue weighted by Crippen LogP contribution is 2.23. The number of phenols is 1. The Morgan fingerprint density at radius 1 is 1.33 bits per heavy atom. The zero-order chi connectivity index (χ0) is 13.3. The summed E-state index contributed by atoms with van der Waals surface area (Å²) in [6, 6.07) is 4.86. The van der Waals surface area contributed by atoms with E-state index in [1.165, 1.54) is 12.1 Å². The molecule has 1 aromatic carbocycles. The van der Waals surface area contributed by atoms with Crippen LogP contribution in [0.2, 0.25) is 10.2 Å². The van der Waals surface area contributed by atoms with E-state index < -0.39 is 17.5 Å². The summed E-state index contributed by atoms with van der Waals surface area (Å²) >= 11 is 11.3. The van der Waals surface area contributed by atoms with Crippen LogP contribution in [0.15, 0.2) is 24.3 Å². The molecule has 2 rings (SSSR count). The van der Waals surface area contributed by atoms with Crippen LogP contribution in [0.3, 0.4) is 0 Å². The number of H-pyrrole nitrogens is 1. The average molecular weight is 289 g/mol. The molecule has 3 N–H and O–H groups in total. The second-order valence-corrected chi connectivity index (χ2v) is 4.25. The molecule has 0 fully saturated rings. The number of phenolic OH excluding ortho intramolecular Hbond substituents is 1. The molecule has 1 amide bonds. The molecular formula is C11H7Cl2FN2O2. The first-order valence-electron chi connectivity index (χ1n) is 4.81. The summed E-state index contributed by atoms with van der Waals surface area (Å²) in [7, 11) is 0. The van der Waals surface area contributed by atoms with Crippen molar-refractivity contribution < 1.29 is 14.3 Å². The number of hydrogen-bond donors (Lipinski definition) is 3. The topological polar surface area (TPSA) is 65.1 Å². The van der Waals surface area contributed by atoms with Crippen LogP contribution in [-0.2, 0) is 0 Å². The highest BCUT2D eigenvalue weighted by molar-refractivity contribution is 6.41. The minimum absolute atomic E-state index is 0.151. The normalized spacial score (nSPS) is 10.4. The van der Waals surface area contributed by atoms with Crippen LogP contribution in [0.5, 0.6) is 5.75 Å². The lowest BCUT2D eigenvalue weighted by Crippen LogP contribution is -2.12. The van der Waals surface area contributed by atoms with E-state index in [0.29, 0.717) is 0 Å². The number of aromatic amines is 1. The first kappa shape index (κ1) is 12.7. The van der Waals surface area contributed by atoms with Crippen LogP contribution in [0.25, 0.3) is 0 Å². The third-order valence-corrected chi connectivity index (χ3v) is 2.87. The number of aromatic nitrogens is 1. The molecule has 4 nitrogen and oxygen atoms in total. The van der Waals surface area contributed by atoms with Crippen LogP contribution in [0.4, 0.5) is 10.1 Å². The molecule has 0 radical (unpaired) electrons. The number of amides is 1. The van der Waals surface area contributed by atoms with Gasteiger partial charge in [0.05, 0.1) is 5.02 Å². The van der Waals surface area contributed by atoms with Gasteiger partial charge in [0.1, 0.15) is 10.8 Å². The van der Waals surface area contributed by atoms with Gasteiger partial charge in [-0.25, -0.2) is 4.39 Å². The van der Waals surface area contributed by atoms with E-state index in [1.54, 1.807) is 0 Å². The molecule has 18 heavy (non-hydrogen) atoms. The van der Waals surface area contributed by atoms with Crippen molar-refractivity contribution in [2.45, 2.75) is 0 Å². The molecule has 0 saturated carbocycles.